The highest BCUT2D eigenvalue weighted by atomic mass is 16.2. The monoisotopic (exact) mass is 407 g/mol. The van der Waals surface area contributed by atoms with E-state index in [1.807, 2.05) is 43.9 Å². The molecule has 1 aliphatic heterocycles. The highest BCUT2D eigenvalue weighted by Crippen LogP contribution is 2.14. The van der Waals surface area contributed by atoms with E-state index in [1.54, 1.807) is 6.07 Å². The predicted molar refractivity (Wildman–Crippen MR) is 120 cm³/mol. The van der Waals surface area contributed by atoms with Crippen LogP contribution in [0.25, 0.3) is 0 Å². The van der Waals surface area contributed by atoms with Crippen molar-refractivity contribution in [3.63, 3.8) is 0 Å². The standard InChI is InChI=1S/C25H33N3O2/c1-18(2)23(26-24(29)22-11-6-5-9-20(22)4)25(30)28-14-12-27(13-15-28)17-21-10-7-8-19(3)16-21/h5-11,16,18,23H,12-15,17H2,1-4H3,(H,26,29). The van der Waals surface area contributed by atoms with Gasteiger partial charge in [0.05, 0.1) is 0 Å². The summed E-state index contributed by atoms with van der Waals surface area (Å²) in [5.74, 6) is -0.142. The molecule has 1 saturated heterocycles. The van der Waals surface area contributed by atoms with Crippen LogP contribution in [-0.4, -0.2) is 53.8 Å². The minimum atomic E-state index is -0.513. The minimum absolute atomic E-state index is 0.0159. The van der Waals surface area contributed by atoms with Crippen molar-refractivity contribution in [3.8, 4) is 0 Å². The molecule has 0 radical (unpaired) electrons. The molecule has 0 spiro atoms. The zero-order chi connectivity index (χ0) is 21.7. The number of aryl methyl sites for hydroxylation is 2. The van der Waals surface area contributed by atoms with Crippen LogP contribution in [0.3, 0.4) is 0 Å². The fourth-order valence-electron chi connectivity index (χ4n) is 3.95. The molecule has 0 bridgehead atoms. The lowest BCUT2D eigenvalue weighted by Gasteiger charge is -2.37. The van der Waals surface area contributed by atoms with Gasteiger partial charge in [0.2, 0.25) is 5.91 Å². The number of carbonyl (C=O) groups excluding carboxylic acids is 2. The van der Waals surface area contributed by atoms with Crippen molar-refractivity contribution < 1.29 is 9.59 Å². The Bertz CT molecular complexity index is 885. The number of hydrogen-bond donors (Lipinski definition) is 1. The SMILES string of the molecule is Cc1cccc(CN2CCN(C(=O)C(NC(=O)c3ccccc3C)C(C)C)CC2)c1. The number of nitrogens with one attached hydrogen (secondary N) is 1. The van der Waals surface area contributed by atoms with Gasteiger partial charge in [-0.25, -0.2) is 0 Å². The van der Waals surface area contributed by atoms with Gasteiger partial charge in [-0.15, -0.1) is 0 Å². The summed E-state index contributed by atoms with van der Waals surface area (Å²) in [6.07, 6.45) is 0. The maximum Gasteiger partial charge on any atom is 0.252 e. The molecule has 1 aliphatic rings. The Hall–Kier alpha value is -2.66. The van der Waals surface area contributed by atoms with Crippen LogP contribution in [0, 0.1) is 19.8 Å². The lowest BCUT2D eigenvalue weighted by Crippen LogP contribution is -2.56. The maximum absolute atomic E-state index is 13.2. The van der Waals surface area contributed by atoms with Crippen LogP contribution >= 0.6 is 0 Å². The van der Waals surface area contributed by atoms with Gasteiger partial charge in [-0.2, -0.15) is 0 Å². The molecule has 160 valence electrons. The lowest BCUT2D eigenvalue weighted by atomic mass is 10.0. The number of rotatable bonds is 6. The summed E-state index contributed by atoms with van der Waals surface area (Å²) in [6.45, 7) is 11.9. The molecule has 2 aromatic carbocycles. The molecule has 5 nitrogen and oxygen atoms in total. The average Bonchev–Trinajstić information content (AvgIpc) is 2.72. The van der Waals surface area contributed by atoms with Gasteiger partial charge in [0.1, 0.15) is 6.04 Å². The molecule has 30 heavy (non-hydrogen) atoms. The van der Waals surface area contributed by atoms with Gasteiger partial charge in [-0.3, -0.25) is 14.5 Å². The second kappa shape index (κ2) is 9.90. The molecule has 2 amide bonds. The normalized spacial score (nSPS) is 15.8. The number of nitrogens with zero attached hydrogens (tertiary/aromatic N) is 2. The Morgan fingerprint density at radius 1 is 0.967 bits per heavy atom. The van der Waals surface area contributed by atoms with E-state index in [4.69, 9.17) is 0 Å². The first kappa shape index (κ1) is 22.0. The van der Waals surface area contributed by atoms with Gasteiger partial charge in [0.25, 0.3) is 5.91 Å². The van der Waals surface area contributed by atoms with Gasteiger partial charge in [0.15, 0.2) is 0 Å². The van der Waals surface area contributed by atoms with E-state index in [0.717, 1.165) is 25.2 Å². The molecule has 3 rings (SSSR count). The van der Waals surface area contributed by atoms with Crippen LogP contribution < -0.4 is 5.32 Å². The summed E-state index contributed by atoms with van der Waals surface area (Å²) in [7, 11) is 0. The Kier molecular flexibility index (Phi) is 7.27. The molecule has 0 saturated carbocycles. The Balaban J connectivity index is 1.59. The highest BCUT2D eigenvalue weighted by Gasteiger charge is 2.31. The molecule has 1 N–H and O–H groups in total. The van der Waals surface area contributed by atoms with Crippen molar-refractivity contribution >= 4 is 11.8 Å². The van der Waals surface area contributed by atoms with E-state index >= 15 is 0 Å². The van der Waals surface area contributed by atoms with E-state index in [0.29, 0.717) is 18.7 Å². The zero-order valence-electron chi connectivity index (χ0n) is 18.5. The summed E-state index contributed by atoms with van der Waals surface area (Å²) in [4.78, 5) is 30.2. The summed E-state index contributed by atoms with van der Waals surface area (Å²) < 4.78 is 0. The van der Waals surface area contributed by atoms with Crippen LogP contribution in [0.4, 0.5) is 0 Å². The fourth-order valence-corrected chi connectivity index (χ4v) is 3.95. The Morgan fingerprint density at radius 3 is 2.30 bits per heavy atom. The number of amides is 2. The number of benzene rings is 2. The van der Waals surface area contributed by atoms with Gasteiger partial charge in [0, 0.05) is 38.3 Å². The van der Waals surface area contributed by atoms with Crippen molar-refractivity contribution in [3.05, 3.63) is 70.8 Å². The van der Waals surface area contributed by atoms with Crippen LogP contribution in [0.15, 0.2) is 48.5 Å². The van der Waals surface area contributed by atoms with Crippen LogP contribution in [-0.2, 0) is 11.3 Å². The molecule has 5 heteroatoms. The van der Waals surface area contributed by atoms with Crippen molar-refractivity contribution in [2.45, 2.75) is 40.3 Å². The zero-order valence-corrected chi connectivity index (χ0v) is 18.5. The van der Waals surface area contributed by atoms with Crippen molar-refractivity contribution in [1.29, 1.82) is 0 Å². The van der Waals surface area contributed by atoms with E-state index < -0.39 is 6.04 Å². The van der Waals surface area contributed by atoms with Gasteiger partial charge in [-0.1, -0.05) is 61.9 Å². The van der Waals surface area contributed by atoms with Gasteiger partial charge in [-0.05, 0) is 37.0 Å². The van der Waals surface area contributed by atoms with Crippen LogP contribution in [0.5, 0.6) is 0 Å². The minimum Gasteiger partial charge on any atom is -0.340 e. The van der Waals surface area contributed by atoms with Crippen molar-refractivity contribution in [2.24, 2.45) is 5.92 Å². The van der Waals surface area contributed by atoms with E-state index in [2.05, 4.69) is 41.4 Å². The Morgan fingerprint density at radius 2 is 1.67 bits per heavy atom. The van der Waals surface area contributed by atoms with Gasteiger partial charge < -0.3 is 10.2 Å². The third-order valence-electron chi connectivity index (χ3n) is 5.78. The second-order valence-electron chi connectivity index (χ2n) is 8.60. The molecule has 1 atom stereocenters. The highest BCUT2D eigenvalue weighted by molar-refractivity contribution is 5.98. The summed E-state index contributed by atoms with van der Waals surface area (Å²) in [5.41, 5.74) is 4.11. The summed E-state index contributed by atoms with van der Waals surface area (Å²) in [6, 6.07) is 15.5. The number of piperazine rings is 1. The fraction of sp³-hybridized carbons (Fsp3) is 0.440. The lowest BCUT2D eigenvalue weighted by molar-refractivity contribution is -0.136. The predicted octanol–water partition coefficient (Wildman–Crippen LogP) is 3.40. The van der Waals surface area contributed by atoms with E-state index in [-0.39, 0.29) is 17.7 Å². The van der Waals surface area contributed by atoms with Gasteiger partial charge >= 0.3 is 0 Å². The molecule has 1 unspecified atom stereocenters. The first-order valence-corrected chi connectivity index (χ1v) is 10.8. The quantitative estimate of drug-likeness (QED) is 0.799. The third kappa shape index (κ3) is 5.48. The third-order valence-corrected chi connectivity index (χ3v) is 5.78. The first-order valence-electron chi connectivity index (χ1n) is 10.8. The Labute approximate surface area is 180 Å². The molecular weight excluding hydrogens is 374 g/mol. The first-order chi connectivity index (χ1) is 14.3. The van der Waals surface area contributed by atoms with Crippen LogP contribution in [0.2, 0.25) is 0 Å². The molecule has 2 aromatic rings. The molecule has 1 heterocycles. The van der Waals surface area contributed by atoms with Crippen LogP contribution in [0.1, 0.15) is 40.9 Å². The molecule has 0 aliphatic carbocycles. The molecule has 0 aromatic heterocycles. The van der Waals surface area contributed by atoms with E-state index in [9.17, 15) is 9.59 Å². The average molecular weight is 408 g/mol. The van der Waals surface area contributed by atoms with Crippen molar-refractivity contribution in [1.82, 2.24) is 15.1 Å². The largest absolute Gasteiger partial charge is 0.340 e. The van der Waals surface area contributed by atoms with E-state index in [1.165, 1.54) is 11.1 Å². The number of hydrogen-bond acceptors (Lipinski definition) is 3. The van der Waals surface area contributed by atoms with Crippen molar-refractivity contribution in [2.75, 3.05) is 26.2 Å². The topological polar surface area (TPSA) is 52.6 Å². The number of carbonyl (C=O) groups is 2. The summed E-state index contributed by atoms with van der Waals surface area (Å²) in [5, 5.41) is 2.98. The molecular formula is C25H33N3O2. The second-order valence-corrected chi connectivity index (χ2v) is 8.60. The summed E-state index contributed by atoms with van der Waals surface area (Å²) >= 11 is 0. The maximum atomic E-state index is 13.2. The molecule has 1 fully saturated rings. The smallest absolute Gasteiger partial charge is 0.252 e.